The molecule has 0 aliphatic heterocycles. The molecule has 0 radical (unpaired) electrons. The molecule has 3 aromatic carbocycles. The highest BCUT2D eigenvalue weighted by Gasteiger charge is 2.36. The summed E-state index contributed by atoms with van der Waals surface area (Å²) in [6.07, 6.45) is 0. The molecule has 1 heterocycles. The zero-order valence-corrected chi connectivity index (χ0v) is 23.9. The fourth-order valence-electron chi connectivity index (χ4n) is 4.42. The molecule has 40 heavy (non-hydrogen) atoms. The van der Waals surface area contributed by atoms with Gasteiger partial charge in [0.2, 0.25) is 5.91 Å². The molecule has 11 heteroatoms. The Hall–Kier alpha value is -3.35. The summed E-state index contributed by atoms with van der Waals surface area (Å²) in [5.41, 5.74) is 2.61. The second-order valence-corrected chi connectivity index (χ2v) is 10.9. The average molecular weight is 580 g/mol. The fraction of sp³-hybridized carbons (Fsp3) is 0.310. The molecule has 0 aliphatic carbocycles. The van der Waals surface area contributed by atoms with Gasteiger partial charge in [-0.1, -0.05) is 42.5 Å². The van der Waals surface area contributed by atoms with Crippen LogP contribution in [0.25, 0.3) is 11.0 Å². The van der Waals surface area contributed by atoms with E-state index >= 15 is 0 Å². The number of aliphatic hydroxyl groups excluding tert-OH is 2. The number of aromatic nitrogens is 2. The number of nitrogens with one attached hydrogen (secondary N) is 1. The van der Waals surface area contributed by atoms with Crippen molar-refractivity contribution in [2.24, 2.45) is 0 Å². The van der Waals surface area contributed by atoms with Crippen molar-refractivity contribution in [2.45, 2.75) is 23.9 Å². The number of carbonyl (C=O) groups is 2. The third-order valence-electron chi connectivity index (χ3n) is 6.35. The van der Waals surface area contributed by atoms with Crippen molar-refractivity contribution in [3.05, 3.63) is 84.4 Å². The fourth-order valence-corrected chi connectivity index (χ4v) is 5.88. The molecule has 0 spiro atoms. The zero-order chi connectivity index (χ0) is 28.3. The molecule has 0 saturated carbocycles. The van der Waals surface area contributed by atoms with Crippen LogP contribution in [0.1, 0.15) is 18.5 Å². The Labute approximate surface area is 242 Å². The lowest BCUT2D eigenvalue weighted by Crippen LogP contribution is -2.51. The van der Waals surface area contributed by atoms with Crippen molar-refractivity contribution in [3.63, 3.8) is 0 Å². The highest BCUT2D eigenvalue weighted by Crippen LogP contribution is 2.30. The molecule has 1 aromatic heterocycles. The number of carbonyl (C=O) groups excluding carboxylic acids is 2. The van der Waals surface area contributed by atoms with Crippen LogP contribution in [-0.2, 0) is 9.59 Å². The second-order valence-electron chi connectivity index (χ2n) is 9.27. The van der Waals surface area contributed by atoms with Gasteiger partial charge in [0.05, 0.1) is 31.5 Å². The Kier molecular flexibility index (Phi) is 11.0. The van der Waals surface area contributed by atoms with Crippen LogP contribution in [0.2, 0.25) is 0 Å². The van der Waals surface area contributed by atoms with Crippen molar-refractivity contribution >= 4 is 52.0 Å². The van der Waals surface area contributed by atoms with Gasteiger partial charge in [0, 0.05) is 35.5 Å². The second kappa shape index (κ2) is 14.9. The Bertz CT molecular complexity index is 1370. The molecule has 2 unspecified atom stereocenters. The van der Waals surface area contributed by atoms with Crippen molar-refractivity contribution in [1.82, 2.24) is 18.5 Å². The average Bonchev–Trinajstić information content (AvgIpc) is 3.44. The summed E-state index contributed by atoms with van der Waals surface area (Å²) in [6.45, 7) is 2.02. The zero-order valence-electron chi connectivity index (χ0n) is 22.2. The van der Waals surface area contributed by atoms with Gasteiger partial charge in [-0.05, 0) is 48.9 Å². The smallest absolute Gasteiger partial charge is 0.251 e. The Morgan fingerprint density at radius 3 is 2.25 bits per heavy atom. The number of benzene rings is 3. The van der Waals surface area contributed by atoms with Gasteiger partial charge in [-0.2, -0.15) is 8.75 Å². The van der Waals surface area contributed by atoms with Crippen molar-refractivity contribution in [1.29, 1.82) is 0 Å². The number of amides is 2. The SMILES string of the molecule is CC(CSc1ccccc1)N(C(=O)CN(CCO)CCO)C(C(=O)Nc1ccccc1)c1ccc2nsnc2c1. The Morgan fingerprint density at radius 1 is 0.925 bits per heavy atom. The summed E-state index contributed by atoms with van der Waals surface area (Å²) >= 11 is 2.70. The third kappa shape index (κ3) is 7.86. The van der Waals surface area contributed by atoms with Crippen LogP contribution in [0, 0.1) is 0 Å². The van der Waals surface area contributed by atoms with Crippen molar-refractivity contribution in [3.8, 4) is 0 Å². The number of aliphatic hydroxyl groups is 2. The maximum absolute atomic E-state index is 14.0. The van der Waals surface area contributed by atoms with Gasteiger partial charge in [0.1, 0.15) is 17.1 Å². The van der Waals surface area contributed by atoms with Crippen LogP contribution < -0.4 is 5.32 Å². The number of anilines is 1. The van der Waals surface area contributed by atoms with Crippen LogP contribution in [0.15, 0.2) is 83.8 Å². The number of hydrogen-bond donors (Lipinski definition) is 3. The molecule has 4 rings (SSSR count). The predicted octanol–water partition coefficient (Wildman–Crippen LogP) is 3.67. The Balaban J connectivity index is 1.72. The summed E-state index contributed by atoms with van der Waals surface area (Å²) < 4.78 is 8.64. The van der Waals surface area contributed by atoms with Crippen LogP contribution in [0.4, 0.5) is 5.69 Å². The van der Waals surface area contributed by atoms with Gasteiger partial charge in [-0.25, -0.2) is 0 Å². The number of hydrogen-bond acceptors (Lipinski definition) is 9. The highest BCUT2D eigenvalue weighted by molar-refractivity contribution is 7.99. The molecule has 2 amide bonds. The predicted molar refractivity (Wildman–Crippen MR) is 159 cm³/mol. The quantitative estimate of drug-likeness (QED) is 0.194. The molecule has 210 valence electrons. The van der Waals surface area contributed by atoms with E-state index in [1.165, 1.54) is 0 Å². The van der Waals surface area contributed by atoms with Crippen molar-refractivity contribution in [2.75, 3.05) is 43.9 Å². The minimum Gasteiger partial charge on any atom is -0.395 e. The summed E-state index contributed by atoms with van der Waals surface area (Å²) in [7, 11) is 0. The van der Waals surface area contributed by atoms with Crippen LogP contribution in [0.5, 0.6) is 0 Å². The van der Waals surface area contributed by atoms with E-state index in [1.807, 2.05) is 73.7 Å². The first-order valence-electron chi connectivity index (χ1n) is 13.0. The van der Waals surface area contributed by atoms with Crippen LogP contribution in [-0.4, -0.2) is 85.2 Å². The van der Waals surface area contributed by atoms with Crippen LogP contribution >= 0.6 is 23.5 Å². The van der Waals surface area contributed by atoms with Gasteiger partial charge in [0.25, 0.3) is 5.91 Å². The first-order chi connectivity index (χ1) is 19.5. The van der Waals surface area contributed by atoms with Crippen LogP contribution in [0.3, 0.4) is 0 Å². The van der Waals surface area contributed by atoms with E-state index < -0.39 is 6.04 Å². The lowest BCUT2D eigenvalue weighted by atomic mass is 10.0. The van der Waals surface area contributed by atoms with Gasteiger partial charge < -0.3 is 20.4 Å². The molecule has 0 aliphatic rings. The van der Waals surface area contributed by atoms with E-state index in [0.717, 1.165) is 22.1 Å². The number of nitrogens with zero attached hydrogens (tertiary/aromatic N) is 4. The van der Waals surface area contributed by atoms with Gasteiger partial charge in [-0.3, -0.25) is 14.5 Å². The lowest BCUT2D eigenvalue weighted by molar-refractivity contribution is -0.142. The molecule has 0 saturated heterocycles. The maximum Gasteiger partial charge on any atom is 0.251 e. The van der Waals surface area contributed by atoms with Crippen molar-refractivity contribution < 1.29 is 19.8 Å². The number of rotatable bonds is 14. The minimum absolute atomic E-state index is 0.0585. The highest BCUT2D eigenvalue weighted by atomic mass is 32.2. The largest absolute Gasteiger partial charge is 0.395 e. The normalized spacial score (nSPS) is 12.8. The molecule has 0 fully saturated rings. The molecule has 4 aromatic rings. The first-order valence-corrected chi connectivity index (χ1v) is 14.7. The van der Waals surface area contributed by atoms with E-state index in [2.05, 4.69) is 14.1 Å². The summed E-state index contributed by atoms with van der Waals surface area (Å²) in [6, 6.07) is 23.2. The lowest BCUT2D eigenvalue weighted by Gasteiger charge is -2.37. The van der Waals surface area contributed by atoms with E-state index in [0.29, 0.717) is 22.5 Å². The Morgan fingerprint density at radius 2 is 1.57 bits per heavy atom. The third-order valence-corrected chi connectivity index (χ3v) is 8.16. The monoisotopic (exact) mass is 579 g/mol. The minimum atomic E-state index is -0.963. The van der Waals surface area contributed by atoms with E-state index in [-0.39, 0.29) is 50.7 Å². The molecule has 0 bridgehead atoms. The number of thioether (sulfide) groups is 1. The molecular weight excluding hydrogens is 546 g/mol. The number of para-hydroxylation sites is 1. The molecular formula is C29H33N5O4S2. The summed E-state index contributed by atoms with van der Waals surface area (Å²) in [4.78, 5) is 32.4. The molecule has 3 N–H and O–H groups in total. The summed E-state index contributed by atoms with van der Waals surface area (Å²) in [5, 5.41) is 22.0. The van der Waals surface area contributed by atoms with E-state index in [1.54, 1.807) is 33.7 Å². The van der Waals surface area contributed by atoms with Gasteiger partial charge >= 0.3 is 0 Å². The maximum atomic E-state index is 14.0. The molecule has 9 nitrogen and oxygen atoms in total. The standard InChI is InChI=1S/C29H33N5O4S2/c1-21(20-39-24-10-6-3-7-11-24)34(27(37)19-33(14-16-35)15-17-36)28(29(38)30-23-8-4-2-5-9-23)22-12-13-25-26(18-22)32-40-31-25/h2-13,18,21,28,35-36H,14-17,19-20H2,1H3,(H,30,38). The van der Waals surface area contributed by atoms with E-state index in [9.17, 15) is 19.8 Å². The summed E-state index contributed by atoms with van der Waals surface area (Å²) in [5.74, 6) is -0.0898. The topological polar surface area (TPSA) is 119 Å². The van der Waals surface area contributed by atoms with Gasteiger partial charge in [-0.15, -0.1) is 11.8 Å². The van der Waals surface area contributed by atoms with E-state index in [4.69, 9.17) is 0 Å². The molecule has 2 atom stereocenters. The number of fused-ring (bicyclic) bond motifs is 1. The van der Waals surface area contributed by atoms with Gasteiger partial charge in [0.15, 0.2) is 0 Å². The first kappa shape index (κ1) is 29.6.